The molecule has 0 radical (unpaired) electrons. The number of rotatable bonds is 9. The van der Waals surface area contributed by atoms with Crippen LogP contribution in [0.2, 0.25) is 5.02 Å². The van der Waals surface area contributed by atoms with Crippen LogP contribution in [0.1, 0.15) is 29.0 Å². The van der Waals surface area contributed by atoms with Gasteiger partial charge in [0.1, 0.15) is 17.6 Å². The molecule has 156 valence electrons. The van der Waals surface area contributed by atoms with Gasteiger partial charge in [0, 0.05) is 38.9 Å². The molecule has 3 rings (SSSR count). The van der Waals surface area contributed by atoms with E-state index in [1.54, 1.807) is 31.6 Å². The molecule has 0 saturated carbocycles. The molecule has 0 aliphatic carbocycles. The first-order chi connectivity index (χ1) is 14.2. The number of carbonyl (C=O) groups is 1. The number of piperidine rings is 1. The van der Waals surface area contributed by atoms with Crippen molar-refractivity contribution in [1.82, 2.24) is 10.2 Å². The highest BCUT2D eigenvalue weighted by molar-refractivity contribution is 6.32. The Hall–Kier alpha value is -2.28. The number of hydrogen-bond acceptors (Lipinski definition) is 5. The number of benzene rings is 1. The van der Waals surface area contributed by atoms with Gasteiger partial charge in [-0.05, 0) is 49.2 Å². The van der Waals surface area contributed by atoms with Gasteiger partial charge in [-0.25, -0.2) is 0 Å². The van der Waals surface area contributed by atoms with Gasteiger partial charge >= 0.3 is 0 Å². The third-order valence-corrected chi connectivity index (χ3v) is 5.10. The zero-order valence-electron chi connectivity index (χ0n) is 16.6. The maximum atomic E-state index is 12.1. The number of ether oxygens (including phenoxy) is 2. The molecule has 6 nitrogen and oxygen atoms in total. The Morgan fingerprint density at radius 1 is 1.34 bits per heavy atom. The standard InChI is InChI=1S/C22H27ClN2O4/c1-27-15-10-24-22(26)17-6-7-21(20(23)16-17)29-19-8-12-25(13-9-19)11-2-4-18-5-3-14-28-18/h2-7,14,16,19H,8-13,15H2,1H3,(H,24,26). The van der Waals surface area contributed by atoms with Crippen LogP contribution in [0, 0.1) is 0 Å². The summed E-state index contributed by atoms with van der Waals surface area (Å²) in [6, 6.07) is 8.97. The minimum Gasteiger partial charge on any atom is -0.489 e. The van der Waals surface area contributed by atoms with E-state index in [4.69, 9.17) is 25.5 Å². The zero-order chi connectivity index (χ0) is 20.5. The molecule has 1 aromatic heterocycles. The third kappa shape index (κ3) is 6.63. The summed E-state index contributed by atoms with van der Waals surface area (Å²) in [6.45, 7) is 3.75. The fourth-order valence-electron chi connectivity index (χ4n) is 3.20. The molecule has 1 aromatic carbocycles. The summed E-state index contributed by atoms with van der Waals surface area (Å²) < 4.78 is 16.3. The summed E-state index contributed by atoms with van der Waals surface area (Å²) in [5, 5.41) is 3.23. The van der Waals surface area contributed by atoms with Crippen LogP contribution >= 0.6 is 11.6 Å². The average molecular weight is 419 g/mol. The largest absolute Gasteiger partial charge is 0.489 e. The van der Waals surface area contributed by atoms with Gasteiger partial charge in [0.15, 0.2) is 0 Å². The van der Waals surface area contributed by atoms with Crippen LogP contribution in [-0.4, -0.2) is 56.8 Å². The Morgan fingerprint density at radius 3 is 2.86 bits per heavy atom. The molecule has 1 saturated heterocycles. The summed E-state index contributed by atoms with van der Waals surface area (Å²) >= 11 is 6.34. The van der Waals surface area contributed by atoms with Gasteiger partial charge in [-0.15, -0.1) is 0 Å². The first-order valence-electron chi connectivity index (χ1n) is 9.81. The molecule has 2 heterocycles. The quantitative estimate of drug-likeness (QED) is 0.626. The molecular formula is C22H27ClN2O4. The molecule has 1 amide bonds. The zero-order valence-corrected chi connectivity index (χ0v) is 17.4. The lowest BCUT2D eigenvalue weighted by atomic mass is 10.1. The van der Waals surface area contributed by atoms with E-state index in [9.17, 15) is 4.79 Å². The van der Waals surface area contributed by atoms with Crippen LogP contribution in [0.15, 0.2) is 47.1 Å². The molecule has 0 bridgehead atoms. The second-order valence-corrected chi connectivity index (χ2v) is 7.34. The maximum Gasteiger partial charge on any atom is 0.251 e. The van der Waals surface area contributed by atoms with Crippen LogP contribution in [0.4, 0.5) is 0 Å². The van der Waals surface area contributed by atoms with E-state index in [0.717, 1.165) is 38.2 Å². The highest BCUT2D eigenvalue weighted by Crippen LogP contribution is 2.28. The van der Waals surface area contributed by atoms with Gasteiger partial charge < -0.3 is 19.2 Å². The van der Waals surface area contributed by atoms with Gasteiger partial charge in [-0.2, -0.15) is 0 Å². The molecule has 0 atom stereocenters. The SMILES string of the molecule is COCCNC(=O)c1ccc(OC2CCN(CC=Cc3ccco3)CC2)c(Cl)c1. The van der Waals surface area contributed by atoms with E-state index in [1.165, 1.54) is 0 Å². The van der Waals surface area contributed by atoms with Crippen LogP contribution in [-0.2, 0) is 4.74 Å². The molecule has 0 unspecified atom stereocenters. The van der Waals surface area contributed by atoms with Crippen molar-refractivity contribution in [1.29, 1.82) is 0 Å². The molecule has 1 aliphatic heterocycles. The molecular weight excluding hydrogens is 392 g/mol. The van der Waals surface area contributed by atoms with E-state index in [2.05, 4.69) is 16.3 Å². The van der Waals surface area contributed by atoms with Crippen LogP contribution in [0.25, 0.3) is 6.08 Å². The number of nitrogens with one attached hydrogen (secondary N) is 1. The maximum absolute atomic E-state index is 12.1. The second kappa shape index (κ2) is 11.0. The Labute approximate surface area is 176 Å². The van der Waals surface area contributed by atoms with E-state index in [1.807, 2.05) is 18.2 Å². The van der Waals surface area contributed by atoms with E-state index in [-0.39, 0.29) is 12.0 Å². The molecule has 2 aromatic rings. The number of halogens is 1. The van der Waals surface area contributed by atoms with E-state index >= 15 is 0 Å². The van der Waals surface area contributed by atoms with Crippen molar-refractivity contribution < 1.29 is 18.7 Å². The number of carbonyl (C=O) groups excluding carboxylic acids is 1. The van der Waals surface area contributed by atoms with Gasteiger partial charge in [-0.1, -0.05) is 17.7 Å². The van der Waals surface area contributed by atoms with Crippen molar-refractivity contribution in [2.24, 2.45) is 0 Å². The Balaban J connectivity index is 1.44. The summed E-state index contributed by atoms with van der Waals surface area (Å²) in [5.41, 5.74) is 0.511. The molecule has 0 spiro atoms. The van der Waals surface area contributed by atoms with Crippen LogP contribution < -0.4 is 10.1 Å². The normalized spacial score (nSPS) is 15.7. The predicted molar refractivity (Wildman–Crippen MR) is 113 cm³/mol. The number of nitrogens with zero attached hydrogens (tertiary/aromatic N) is 1. The van der Waals surface area contributed by atoms with E-state index in [0.29, 0.717) is 29.5 Å². The van der Waals surface area contributed by atoms with Crippen LogP contribution in [0.5, 0.6) is 5.75 Å². The highest BCUT2D eigenvalue weighted by atomic mass is 35.5. The Bertz CT molecular complexity index is 799. The van der Waals surface area contributed by atoms with Crippen molar-refractivity contribution >= 4 is 23.6 Å². The van der Waals surface area contributed by atoms with Crippen molar-refractivity contribution in [3.8, 4) is 5.75 Å². The summed E-state index contributed by atoms with van der Waals surface area (Å²) in [6.07, 6.45) is 7.78. The van der Waals surface area contributed by atoms with Gasteiger partial charge in [0.05, 0.1) is 17.9 Å². The minimum atomic E-state index is -0.175. The summed E-state index contributed by atoms with van der Waals surface area (Å²) in [7, 11) is 1.59. The monoisotopic (exact) mass is 418 g/mol. The average Bonchev–Trinajstić information content (AvgIpc) is 3.24. The first kappa shape index (κ1) is 21.4. The lowest BCUT2D eigenvalue weighted by molar-refractivity contribution is 0.0936. The lowest BCUT2D eigenvalue weighted by Crippen LogP contribution is -2.38. The Morgan fingerprint density at radius 2 is 2.17 bits per heavy atom. The smallest absolute Gasteiger partial charge is 0.251 e. The topological polar surface area (TPSA) is 63.9 Å². The number of amides is 1. The van der Waals surface area contributed by atoms with Crippen molar-refractivity contribution in [3.05, 3.63) is 59.0 Å². The Kier molecular flexibility index (Phi) is 8.16. The highest BCUT2D eigenvalue weighted by Gasteiger charge is 2.21. The fraction of sp³-hybridized carbons (Fsp3) is 0.409. The molecule has 7 heteroatoms. The second-order valence-electron chi connectivity index (χ2n) is 6.93. The first-order valence-corrected chi connectivity index (χ1v) is 10.2. The van der Waals surface area contributed by atoms with E-state index < -0.39 is 0 Å². The van der Waals surface area contributed by atoms with Crippen molar-refractivity contribution in [3.63, 3.8) is 0 Å². The molecule has 1 N–H and O–H groups in total. The molecule has 29 heavy (non-hydrogen) atoms. The lowest BCUT2D eigenvalue weighted by Gasteiger charge is -2.31. The minimum absolute atomic E-state index is 0.124. The van der Waals surface area contributed by atoms with Crippen molar-refractivity contribution in [2.45, 2.75) is 18.9 Å². The number of likely N-dealkylation sites (tertiary alicyclic amines) is 1. The fourth-order valence-corrected chi connectivity index (χ4v) is 3.42. The van der Waals surface area contributed by atoms with Gasteiger partial charge in [0.25, 0.3) is 5.91 Å². The van der Waals surface area contributed by atoms with Gasteiger partial charge in [-0.3, -0.25) is 9.69 Å². The number of hydrogen-bond donors (Lipinski definition) is 1. The summed E-state index contributed by atoms with van der Waals surface area (Å²) in [4.78, 5) is 14.5. The number of furan rings is 1. The predicted octanol–water partition coefficient (Wildman–Crippen LogP) is 3.87. The van der Waals surface area contributed by atoms with Gasteiger partial charge in [0.2, 0.25) is 0 Å². The molecule has 1 aliphatic rings. The third-order valence-electron chi connectivity index (χ3n) is 4.80. The summed E-state index contributed by atoms with van der Waals surface area (Å²) in [5.74, 6) is 1.32. The number of methoxy groups -OCH3 is 1. The van der Waals surface area contributed by atoms with Crippen LogP contribution in [0.3, 0.4) is 0 Å². The molecule has 1 fully saturated rings. The van der Waals surface area contributed by atoms with Crippen molar-refractivity contribution in [2.75, 3.05) is 39.9 Å².